The van der Waals surface area contributed by atoms with E-state index in [-0.39, 0.29) is 0 Å². The van der Waals surface area contributed by atoms with Crippen LogP contribution in [0.1, 0.15) is 25.1 Å². The Morgan fingerprint density at radius 1 is 1.33 bits per heavy atom. The number of nitrogens with zero attached hydrogens (tertiary/aromatic N) is 1. The summed E-state index contributed by atoms with van der Waals surface area (Å²) in [6, 6.07) is 5.90. The predicted octanol–water partition coefficient (Wildman–Crippen LogP) is 2.79. The maximum atomic E-state index is 5.65. The highest BCUT2D eigenvalue weighted by Crippen LogP contribution is 2.32. The fraction of sp³-hybridized carbons (Fsp3) is 0.357. The fourth-order valence-electron chi connectivity index (χ4n) is 2.21. The van der Waals surface area contributed by atoms with Crippen molar-refractivity contribution in [3.8, 4) is 5.75 Å². The van der Waals surface area contributed by atoms with Crippen LogP contribution in [0, 0.1) is 6.92 Å². The Morgan fingerprint density at radius 2 is 2.11 bits per heavy atom. The van der Waals surface area contributed by atoms with E-state index >= 15 is 0 Å². The number of fused-ring (bicyclic) bond motifs is 1. The molecule has 0 atom stereocenters. The van der Waals surface area contributed by atoms with E-state index in [1.807, 2.05) is 32.0 Å². The highest BCUT2D eigenvalue weighted by molar-refractivity contribution is 5.96. The molecule has 0 aliphatic carbocycles. The number of nitrogen functional groups attached to an aromatic ring is 1. The highest BCUT2D eigenvalue weighted by atomic mass is 16.5. The fourth-order valence-corrected chi connectivity index (χ4v) is 2.21. The van der Waals surface area contributed by atoms with Crippen LogP contribution in [0.25, 0.3) is 10.9 Å². The molecule has 4 heteroatoms. The second-order valence-electron chi connectivity index (χ2n) is 4.14. The van der Waals surface area contributed by atoms with Crippen LogP contribution in [0.4, 0.5) is 5.69 Å². The summed E-state index contributed by atoms with van der Waals surface area (Å²) in [5.41, 5.74) is 6.73. The van der Waals surface area contributed by atoms with Crippen LogP contribution >= 0.6 is 0 Å². The summed E-state index contributed by atoms with van der Waals surface area (Å²) in [5, 5.41) is 0.998. The zero-order chi connectivity index (χ0) is 13.1. The van der Waals surface area contributed by atoms with E-state index in [9.17, 15) is 0 Å². The summed E-state index contributed by atoms with van der Waals surface area (Å²) in [4.78, 5) is 4.70. The number of nitrogens with one attached hydrogen (secondary N) is 1. The van der Waals surface area contributed by atoms with E-state index in [1.165, 1.54) is 0 Å². The van der Waals surface area contributed by atoms with Gasteiger partial charge in [0.2, 0.25) is 0 Å². The van der Waals surface area contributed by atoms with Gasteiger partial charge in [0.05, 0.1) is 12.3 Å². The first-order chi connectivity index (χ1) is 8.72. The van der Waals surface area contributed by atoms with Gasteiger partial charge in [-0.05, 0) is 31.9 Å². The Hall–Kier alpha value is -1.81. The van der Waals surface area contributed by atoms with E-state index in [1.54, 1.807) is 0 Å². The molecule has 18 heavy (non-hydrogen) atoms. The number of pyridine rings is 1. The summed E-state index contributed by atoms with van der Waals surface area (Å²) in [6.07, 6.45) is 0.872. The molecule has 0 aliphatic heterocycles. The third-order valence-corrected chi connectivity index (χ3v) is 3.10. The molecule has 4 nitrogen and oxygen atoms in total. The number of nitrogens with two attached hydrogens (primary N) is 1. The number of hydrogen-bond acceptors (Lipinski definition) is 4. The quantitative estimate of drug-likeness (QED) is 0.642. The van der Waals surface area contributed by atoms with Crippen LogP contribution in [-0.2, 0) is 6.42 Å². The number of para-hydroxylation sites is 1. The SMILES string of the molecule is CCOc1cccc2c(NN)c(C)c(CC)nc12. The van der Waals surface area contributed by atoms with Gasteiger partial charge in [0.1, 0.15) is 11.3 Å². The first-order valence-corrected chi connectivity index (χ1v) is 6.24. The smallest absolute Gasteiger partial charge is 0.145 e. The minimum absolute atomic E-state index is 0.627. The Kier molecular flexibility index (Phi) is 3.67. The molecule has 0 aliphatic rings. The van der Waals surface area contributed by atoms with Crippen LogP contribution in [0.3, 0.4) is 0 Å². The molecule has 0 unspecified atom stereocenters. The second-order valence-corrected chi connectivity index (χ2v) is 4.14. The molecule has 0 spiro atoms. The molecular formula is C14H19N3O. The maximum absolute atomic E-state index is 5.65. The first kappa shape index (κ1) is 12.6. The highest BCUT2D eigenvalue weighted by Gasteiger charge is 2.12. The van der Waals surface area contributed by atoms with Gasteiger partial charge in [0.25, 0.3) is 0 Å². The van der Waals surface area contributed by atoms with Crippen LogP contribution < -0.4 is 16.0 Å². The monoisotopic (exact) mass is 245 g/mol. The summed E-state index contributed by atoms with van der Waals surface area (Å²) < 4.78 is 5.63. The lowest BCUT2D eigenvalue weighted by Crippen LogP contribution is -2.11. The Balaban J connectivity index is 2.78. The zero-order valence-electron chi connectivity index (χ0n) is 11.1. The minimum atomic E-state index is 0.627. The van der Waals surface area contributed by atoms with Gasteiger partial charge in [-0.2, -0.15) is 0 Å². The Morgan fingerprint density at radius 3 is 2.72 bits per heavy atom. The van der Waals surface area contributed by atoms with Gasteiger partial charge in [0, 0.05) is 11.1 Å². The molecule has 0 saturated carbocycles. The van der Waals surface area contributed by atoms with Gasteiger partial charge in [-0.3, -0.25) is 5.84 Å². The number of hydrazine groups is 1. The van der Waals surface area contributed by atoms with Crippen molar-refractivity contribution < 1.29 is 4.74 Å². The molecule has 0 radical (unpaired) electrons. The maximum Gasteiger partial charge on any atom is 0.145 e. The number of ether oxygens (including phenoxy) is 1. The number of hydrogen-bond donors (Lipinski definition) is 2. The van der Waals surface area contributed by atoms with Gasteiger partial charge < -0.3 is 10.2 Å². The molecule has 1 heterocycles. The van der Waals surface area contributed by atoms with Crippen molar-refractivity contribution in [2.75, 3.05) is 12.0 Å². The van der Waals surface area contributed by atoms with Crippen molar-refractivity contribution in [1.29, 1.82) is 0 Å². The molecule has 2 rings (SSSR count). The zero-order valence-corrected chi connectivity index (χ0v) is 11.1. The third kappa shape index (κ3) is 1.99. The second kappa shape index (κ2) is 5.23. The summed E-state index contributed by atoms with van der Waals surface area (Å²) >= 11 is 0. The predicted molar refractivity (Wildman–Crippen MR) is 74.8 cm³/mol. The normalized spacial score (nSPS) is 10.7. The molecule has 0 amide bonds. The summed E-state index contributed by atoms with van der Waals surface area (Å²) in [7, 11) is 0. The van der Waals surface area contributed by atoms with Crippen LogP contribution in [0.2, 0.25) is 0 Å². The van der Waals surface area contributed by atoms with Crippen molar-refractivity contribution in [2.24, 2.45) is 5.84 Å². The van der Waals surface area contributed by atoms with Crippen molar-refractivity contribution in [1.82, 2.24) is 4.98 Å². The van der Waals surface area contributed by atoms with Gasteiger partial charge in [-0.1, -0.05) is 19.1 Å². The minimum Gasteiger partial charge on any atom is -0.492 e. The van der Waals surface area contributed by atoms with Gasteiger partial charge in [-0.25, -0.2) is 4.98 Å². The van der Waals surface area contributed by atoms with Crippen molar-refractivity contribution >= 4 is 16.6 Å². The lowest BCUT2D eigenvalue weighted by atomic mass is 10.1. The summed E-state index contributed by atoms with van der Waals surface area (Å²) in [5.74, 6) is 6.45. The van der Waals surface area contributed by atoms with E-state index in [0.29, 0.717) is 6.61 Å². The molecule has 96 valence electrons. The number of benzene rings is 1. The number of aryl methyl sites for hydroxylation is 1. The van der Waals surface area contributed by atoms with E-state index in [0.717, 1.165) is 40.0 Å². The van der Waals surface area contributed by atoms with Crippen molar-refractivity contribution in [3.63, 3.8) is 0 Å². The van der Waals surface area contributed by atoms with Crippen molar-refractivity contribution in [2.45, 2.75) is 27.2 Å². The van der Waals surface area contributed by atoms with Crippen LogP contribution in [0.5, 0.6) is 5.75 Å². The molecule has 0 saturated heterocycles. The topological polar surface area (TPSA) is 60.2 Å². The number of aromatic nitrogens is 1. The van der Waals surface area contributed by atoms with Crippen LogP contribution in [-0.4, -0.2) is 11.6 Å². The molecule has 1 aromatic carbocycles. The standard InChI is InChI=1S/C14H19N3O/c1-4-11-9(3)13(17-15)10-7-6-8-12(18-5-2)14(10)16-11/h6-8H,4-5,15H2,1-3H3,(H,16,17). The summed E-state index contributed by atoms with van der Waals surface area (Å²) in [6.45, 7) is 6.72. The molecule has 0 bridgehead atoms. The average molecular weight is 245 g/mol. The van der Waals surface area contributed by atoms with E-state index in [4.69, 9.17) is 15.6 Å². The van der Waals surface area contributed by atoms with Crippen molar-refractivity contribution in [3.05, 3.63) is 29.5 Å². The number of rotatable bonds is 4. The van der Waals surface area contributed by atoms with Gasteiger partial charge in [-0.15, -0.1) is 0 Å². The first-order valence-electron chi connectivity index (χ1n) is 6.24. The molecule has 2 aromatic rings. The lowest BCUT2D eigenvalue weighted by Gasteiger charge is -2.15. The molecule has 1 aromatic heterocycles. The molecule has 0 fully saturated rings. The van der Waals surface area contributed by atoms with Crippen LogP contribution in [0.15, 0.2) is 18.2 Å². The largest absolute Gasteiger partial charge is 0.492 e. The Bertz CT molecular complexity index is 566. The molecule has 3 N–H and O–H groups in total. The lowest BCUT2D eigenvalue weighted by molar-refractivity contribution is 0.343. The number of anilines is 1. The average Bonchev–Trinajstić information content (AvgIpc) is 2.39. The van der Waals surface area contributed by atoms with E-state index < -0.39 is 0 Å². The Labute approximate surface area is 107 Å². The van der Waals surface area contributed by atoms with E-state index in [2.05, 4.69) is 12.3 Å². The van der Waals surface area contributed by atoms with Gasteiger partial charge in [0.15, 0.2) is 0 Å². The molecular weight excluding hydrogens is 226 g/mol. The van der Waals surface area contributed by atoms with Gasteiger partial charge >= 0.3 is 0 Å². The third-order valence-electron chi connectivity index (χ3n) is 3.10.